The number of rotatable bonds is 5. The number of benzene rings is 1. The SMILES string of the molecule is CC(NC(=O)CC1(C(=O)O)CCC1)c1ccc(Cl)c(Cl)c1. The van der Waals surface area contributed by atoms with E-state index in [9.17, 15) is 14.7 Å². The van der Waals surface area contributed by atoms with Crippen molar-refractivity contribution >= 4 is 35.1 Å². The monoisotopic (exact) mass is 329 g/mol. The fraction of sp³-hybridized carbons (Fsp3) is 0.467. The van der Waals surface area contributed by atoms with Crippen LogP contribution in [0.5, 0.6) is 0 Å². The van der Waals surface area contributed by atoms with Gasteiger partial charge in [0.2, 0.25) is 5.91 Å². The van der Waals surface area contributed by atoms with Crippen molar-refractivity contribution in [2.75, 3.05) is 0 Å². The first-order valence-electron chi connectivity index (χ1n) is 6.82. The Morgan fingerprint density at radius 1 is 1.33 bits per heavy atom. The number of nitrogens with one attached hydrogen (secondary N) is 1. The second-order valence-corrected chi connectivity index (χ2v) is 6.39. The van der Waals surface area contributed by atoms with E-state index < -0.39 is 11.4 Å². The van der Waals surface area contributed by atoms with Crippen LogP contribution in [-0.2, 0) is 9.59 Å². The number of hydrogen-bond acceptors (Lipinski definition) is 2. The van der Waals surface area contributed by atoms with Gasteiger partial charge in [-0.25, -0.2) is 0 Å². The third kappa shape index (κ3) is 3.50. The molecule has 6 heteroatoms. The van der Waals surface area contributed by atoms with Crippen LogP contribution < -0.4 is 5.32 Å². The summed E-state index contributed by atoms with van der Waals surface area (Å²) in [5.74, 6) is -1.14. The van der Waals surface area contributed by atoms with E-state index in [2.05, 4.69) is 5.32 Å². The quantitative estimate of drug-likeness (QED) is 0.863. The Balaban J connectivity index is 1.99. The van der Waals surface area contributed by atoms with Crippen molar-refractivity contribution in [1.82, 2.24) is 5.32 Å². The van der Waals surface area contributed by atoms with Gasteiger partial charge in [-0.2, -0.15) is 0 Å². The molecule has 1 aromatic rings. The maximum absolute atomic E-state index is 12.1. The van der Waals surface area contributed by atoms with Crippen molar-refractivity contribution in [3.8, 4) is 0 Å². The fourth-order valence-corrected chi connectivity index (χ4v) is 2.84. The number of hydrogen-bond donors (Lipinski definition) is 2. The van der Waals surface area contributed by atoms with Crippen molar-refractivity contribution in [2.45, 2.75) is 38.6 Å². The minimum atomic E-state index is -0.883. The molecule has 1 fully saturated rings. The lowest BCUT2D eigenvalue weighted by atomic mass is 9.66. The van der Waals surface area contributed by atoms with Crippen LogP contribution in [0.4, 0.5) is 0 Å². The van der Waals surface area contributed by atoms with Crippen molar-refractivity contribution in [1.29, 1.82) is 0 Å². The minimum absolute atomic E-state index is 0.0218. The zero-order chi connectivity index (χ0) is 15.6. The highest BCUT2D eigenvalue weighted by Crippen LogP contribution is 2.44. The molecule has 1 aliphatic carbocycles. The van der Waals surface area contributed by atoms with Crippen molar-refractivity contribution in [3.05, 3.63) is 33.8 Å². The molecule has 1 aromatic carbocycles. The van der Waals surface area contributed by atoms with Gasteiger partial charge in [0.05, 0.1) is 21.5 Å². The van der Waals surface area contributed by atoms with Crippen LogP contribution in [0.2, 0.25) is 10.0 Å². The van der Waals surface area contributed by atoms with Gasteiger partial charge in [0.25, 0.3) is 0 Å². The van der Waals surface area contributed by atoms with E-state index in [0.29, 0.717) is 22.9 Å². The van der Waals surface area contributed by atoms with Crippen molar-refractivity contribution < 1.29 is 14.7 Å². The van der Waals surface area contributed by atoms with Gasteiger partial charge < -0.3 is 10.4 Å². The lowest BCUT2D eigenvalue weighted by Gasteiger charge is -2.37. The molecule has 0 heterocycles. The molecule has 21 heavy (non-hydrogen) atoms. The second kappa shape index (κ2) is 6.24. The first kappa shape index (κ1) is 16.1. The van der Waals surface area contributed by atoms with E-state index in [1.54, 1.807) is 18.2 Å². The van der Waals surface area contributed by atoms with E-state index >= 15 is 0 Å². The molecule has 0 radical (unpaired) electrons. The number of carboxylic acid groups (broad SMARTS) is 1. The molecule has 1 amide bonds. The van der Waals surface area contributed by atoms with Gasteiger partial charge in [0.15, 0.2) is 0 Å². The minimum Gasteiger partial charge on any atom is -0.481 e. The zero-order valence-corrected chi connectivity index (χ0v) is 13.2. The van der Waals surface area contributed by atoms with E-state index in [4.69, 9.17) is 23.2 Å². The number of carbonyl (C=O) groups excluding carboxylic acids is 1. The Labute approximate surface area is 133 Å². The standard InChI is InChI=1S/C15H17Cl2NO3/c1-9(10-3-4-11(16)12(17)7-10)18-13(19)8-15(14(20)21)5-2-6-15/h3-4,7,9H,2,5-6,8H2,1H3,(H,18,19)(H,20,21). The van der Waals surface area contributed by atoms with Crippen LogP contribution in [0.15, 0.2) is 18.2 Å². The molecule has 0 saturated heterocycles. The third-order valence-electron chi connectivity index (χ3n) is 4.08. The Kier molecular flexibility index (Phi) is 4.79. The molecule has 0 spiro atoms. The topological polar surface area (TPSA) is 66.4 Å². The lowest BCUT2D eigenvalue weighted by molar-refractivity contribution is -0.157. The molecule has 0 aromatic heterocycles. The molecule has 114 valence electrons. The number of carboxylic acids is 1. The average Bonchev–Trinajstić information content (AvgIpc) is 2.36. The number of aliphatic carboxylic acids is 1. The molecular formula is C15H17Cl2NO3. The first-order chi connectivity index (χ1) is 9.84. The molecule has 2 rings (SSSR count). The summed E-state index contributed by atoms with van der Waals surface area (Å²) in [6.45, 7) is 1.83. The normalized spacial score (nSPS) is 17.7. The highest BCUT2D eigenvalue weighted by Gasteiger charge is 2.45. The molecule has 1 saturated carbocycles. The van der Waals surface area contributed by atoms with Crippen LogP contribution in [0.25, 0.3) is 0 Å². The fourth-order valence-electron chi connectivity index (χ4n) is 2.53. The lowest BCUT2D eigenvalue weighted by Crippen LogP contribution is -2.43. The van der Waals surface area contributed by atoms with Crippen LogP contribution >= 0.6 is 23.2 Å². The summed E-state index contributed by atoms with van der Waals surface area (Å²) < 4.78 is 0. The maximum atomic E-state index is 12.1. The van der Waals surface area contributed by atoms with E-state index in [0.717, 1.165) is 12.0 Å². The number of halogens is 2. The van der Waals surface area contributed by atoms with Gasteiger partial charge in [0, 0.05) is 6.42 Å². The summed E-state index contributed by atoms with van der Waals surface area (Å²) in [7, 11) is 0. The molecule has 1 unspecified atom stereocenters. The Bertz CT molecular complexity index is 570. The summed E-state index contributed by atoms with van der Waals surface area (Å²) in [6, 6.07) is 4.91. The van der Waals surface area contributed by atoms with E-state index in [-0.39, 0.29) is 18.4 Å². The number of amides is 1. The predicted molar refractivity (Wildman–Crippen MR) is 81.6 cm³/mol. The summed E-state index contributed by atoms with van der Waals surface area (Å²) in [6.07, 6.45) is 2.02. The largest absolute Gasteiger partial charge is 0.481 e. The van der Waals surface area contributed by atoms with Crippen LogP contribution in [-0.4, -0.2) is 17.0 Å². The van der Waals surface area contributed by atoms with Gasteiger partial charge >= 0.3 is 5.97 Å². The Morgan fingerprint density at radius 2 is 2.00 bits per heavy atom. The number of carbonyl (C=O) groups is 2. The first-order valence-corrected chi connectivity index (χ1v) is 7.57. The second-order valence-electron chi connectivity index (χ2n) is 5.58. The predicted octanol–water partition coefficient (Wildman–Crippen LogP) is 3.82. The van der Waals surface area contributed by atoms with E-state index in [1.165, 1.54) is 0 Å². The average molecular weight is 330 g/mol. The van der Waals surface area contributed by atoms with Gasteiger partial charge in [-0.15, -0.1) is 0 Å². The van der Waals surface area contributed by atoms with Crippen LogP contribution in [0.1, 0.15) is 44.2 Å². The Hall–Kier alpha value is -1.26. The molecule has 0 aliphatic heterocycles. The molecule has 0 bridgehead atoms. The molecule has 1 aliphatic rings. The molecular weight excluding hydrogens is 313 g/mol. The summed E-state index contributed by atoms with van der Waals surface area (Å²) in [5.41, 5.74) is -0.0442. The van der Waals surface area contributed by atoms with Gasteiger partial charge in [-0.1, -0.05) is 35.7 Å². The highest BCUT2D eigenvalue weighted by atomic mass is 35.5. The molecule has 1 atom stereocenters. The van der Waals surface area contributed by atoms with Crippen LogP contribution in [0.3, 0.4) is 0 Å². The van der Waals surface area contributed by atoms with E-state index in [1.807, 2.05) is 6.92 Å². The van der Waals surface area contributed by atoms with Crippen LogP contribution in [0, 0.1) is 5.41 Å². The smallest absolute Gasteiger partial charge is 0.310 e. The van der Waals surface area contributed by atoms with Gasteiger partial charge in [-0.3, -0.25) is 9.59 Å². The summed E-state index contributed by atoms with van der Waals surface area (Å²) in [4.78, 5) is 23.3. The van der Waals surface area contributed by atoms with Gasteiger partial charge in [-0.05, 0) is 37.5 Å². The van der Waals surface area contributed by atoms with Crippen molar-refractivity contribution in [2.24, 2.45) is 5.41 Å². The third-order valence-corrected chi connectivity index (χ3v) is 4.82. The molecule has 2 N–H and O–H groups in total. The summed E-state index contributed by atoms with van der Waals surface area (Å²) in [5, 5.41) is 12.9. The zero-order valence-electron chi connectivity index (χ0n) is 11.7. The van der Waals surface area contributed by atoms with Gasteiger partial charge in [0.1, 0.15) is 0 Å². The Morgan fingerprint density at radius 3 is 2.48 bits per heavy atom. The summed E-state index contributed by atoms with van der Waals surface area (Å²) >= 11 is 11.8. The highest BCUT2D eigenvalue weighted by molar-refractivity contribution is 6.42. The molecule has 4 nitrogen and oxygen atoms in total. The maximum Gasteiger partial charge on any atom is 0.310 e. The van der Waals surface area contributed by atoms with Crippen molar-refractivity contribution in [3.63, 3.8) is 0 Å².